The van der Waals surface area contributed by atoms with Gasteiger partial charge in [-0.1, -0.05) is 18.3 Å². The average Bonchev–Trinajstić information content (AvgIpc) is 3.26. The normalized spacial score (nSPS) is 10.5. The Morgan fingerprint density at radius 3 is 2.29 bits per heavy atom. The van der Waals surface area contributed by atoms with E-state index < -0.39 is 0 Å². The first kappa shape index (κ1) is 23.8. The van der Waals surface area contributed by atoms with Gasteiger partial charge in [-0.25, -0.2) is 9.97 Å². The molecule has 0 saturated carbocycles. The Bertz CT molecular complexity index is 1360. The Hall–Kier alpha value is -4.37. The molecule has 0 spiro atoms. The maximum atomic E-state index is 12.6. The summed E-state index contributed by atoms with van der Waals surface area (Å²) in [5, 5.41) is 9.67. The standard InChI is InChI=1S/C26H24N6O2S/c1-4-23(33)30-20-7-5-17(6-8-20)25(34)31-21-11-9-19(10-12-21)29-22-15-18(13-14-27-22)24-16(2)28-26(32-24)35-3/h4-15H,1H2,2-3H3,(H,27,29)(H,28,32)(H,30,33)(H,31,34). The van der Waals surface area contributed by atoms with Gasteiger partial charge in [-0.2, -0.15) is 0 Å². The maximum Gasteiger partial charge on any atom is 0.255 e. The fourth-order valence-corrected chi connectivity index (χ4v) is 3.78. The van der Waals surface area contributed by atoms with Gasteiger partial charge in [0.1, 0.15) is 5.82 Å². The van der Waals surface area contributed by atoms with E-state index in [1.54, 1.807) is 42.2 Å². The fourth-order valence-electron chi connectivity index (χ4n) is 3.34. The van der Waals surface area contributed by atoms with Crippen molar-refractivity contribution in [2.75, 3.05) is 22.2 Å². The molecule has 0 fully saturated rings. The van der Waals surface area contributed by atoms with Crippen molar-refractivity contribution < 1.29 is 9.59 Å². The van der Waals surface area contributed by atoms with Crippen molar-refractivity contribution in [1.29, 1.82) is 0 Å². The smallest absolute Gasteiger partial charge is 0.255 e. The van der Waals surface area contributed by atoms with Crippen molar-refractivity contribution in [2.24, 2.45) is 0 Å². The summed E-state index contributed by atoms with van der Waals surface area (Å²) in [6.45, 7) is 5.41. The third-order valence-corrected chi connectivity index (χ3v) is 5.68. The van der Waals surface area contributed by atoms with Crippen molar-refractivity contribution >= 4 is 46.5 Å². The topological polar surface area (TPSA) is 112 Å². The van der Waals surface area contributed by atoms with E-state index in [1.165, 1.54) is 6.08 Å². The molecule has 8 nitrogen and oxygen atoms in total. The second-order valence-corrected chi connectivity index (χ2v) is 8.37. The second kappa shape index (κ2) is 10.7. The van der Waals surface area contributed by atoms with E-state index in [-0.39, 0.29) is 11.8 Å². The zero-order valence-electron chi connectivity index (χ0n) is 19.3. The number of benzene rings is 2. The molecule has 0 unspecified atom stereocenters. The van der Waals surface area contributed by atoms with Gasteiger partial charge in [-0.05, 0) is 79.9 Å². The van der Waals surface area contributed by atoms with Crippen LogP contribution in [0.2, 0.25) is 0 Å². The molecule has 0 saturated heterocycles. The molecule has 176 valence electrons. The molecule has 2 heterocycles. The van der Waals surface area contributed by atoms with Crippen molar-refractivity contribution in [3.63, 3.8) is 0 Å². The van der Waals surface area contributed by atoms with E-state index in [4.69, 9.17) is 0 Å². The number of carbonyl (C=O) groups is 2. The minimum absolute atomic E-state index is 0.249. The molecule has 2 aromatic heterocycles. The van der Waals surface area contributed by atoms with Crippen LogP contribution in [0, 0.1) is 6.92 Å². The molecule has 9 heteroatoms. The molecule has 0 aliphatic heterocycles. The lowest BCUT2D eigenvalue weighted by atomic mass is 10.1. The van der Waals surface area contributed by atoms with Crippen LogP contribution >= 0.6 is 11.8 Å². The van der Waals surface area contributed by atoms with E-state index in [2.05, 4.69) is 37.5 Å². The highest BCUT2D eigenvalue weighted by Crippen LogP contribution is 2.27. The van der Waals surface area contributed by atoms with Gasteiger partial charge >= 0.3 is 0 Å². The number of carbonyl (C=O) groups excluding carboxylic acids is 2. The first-order valence-corrected chi connectivity index (χ1v) is 12.0. The Morgan fingerprint density at radius 2 is 1.63 bits per heavy atom. The van der Waals surface area contributed by atoms with Gasteiger partial charge in [0.05, 0.1) is 5.69 Å². The van der Waals surface area contributed by atoms with E-state index >= 15 is 0 Å². The third-order valence-electron chi connectivity index (χ3n) is 5.10. The number of thioether (sulfide) groups is 1. The number of hydrogen-bond donors (Lipinski definition) is 4. The molecular weight excluding hydrogens is 460 g/mol. The number of H-pyrrole nitrogens is 1. The molecule has 2 amide bonds. The van der Waals surface area contributed by atoms with Crippen molar-refractivity contribution in [1.82, 2.24) is 15.0 Å². The first-order chi connectivity index (χ1) is 16.9. The van der Waals surface area contributed by atoms with Gasteiger partial charge in [0, 0.05) is 40.1 Å². The number of aromatic nitrogens is 3. The van der Waals surface area contributed by atoms with Crippen LogP contribution < -0.4 is 16.0 Å². The highest BCUT2D eigenvalue weighted by atomic mass is 32.2. The van der Waals surface area contributed by atoms with Crippen LogP contribution in [0.1, 0.15) is 16.1 Å². The molecule has 0 aliphatic rings. The summed E-state index contributed by atoms with van der Waals surface area (Å²) < 4.78 is 0. The first-order valence-electron chi connectivity index (χ1n) is 10.7. The second-order valence-electron chi connectivity index (χ2n) is 7.58. The lowest BCUT2D eigenvalue weighted by molar-refractivity contribution is -0.111. The molecule has 2 aromatic carbocycles. The van der Waals surface area contributed by atoms with Crippen LogP contribution in [0.25, 0.3) is 11.3 Å². The van der Waals surface area contributed by atoms with E-state index in [0.29, 0.717) is 22.8 Å². The zero-order chi connectivity index (χ0) is 24.8. The zero-order valence-corrected chi connectivity index (χ0v) is 20.1. The van der Waals surface area contributed by atoms with Gasteiger partial charge in [-0.3, -0.25) is 9.59 Å². The lowest BCUT2D eigenvalue weighted by Crippen LogP contribution is -2.12. The highest BCUT2D eigenvalue weighted by molar-refractivity contribution is 7.98. The molecular formula is C26H24N6O2S. The molecule has 0 atom stereocenters. The molecule has 4 aromatic rings. The van der Waals surface area contributed by atoms with Gasteiger partial charge < -0.3 is 20.9 Å². The van der Waals surface area contributed by atoms with Crippen molar-refractivity contribution in [3.05, 3.63) is 90.8 Å². The fraction of sp³-hybridized carbons (Fsp3) is 0.0769. The van der Waals surface area contributed by atoms with Crippen LogP contribution in [0.3, 0.4) is 0 Å². The summed E-state index contributed by atoms with van der Waals surface area (Å²) in [7, 11) is 0. The number of anilines is 4. The summed E-state index contributed by atoms with van der Waals surface area (Å²) in [5.41, 5.74) is 5.42. The number of nitrogens with zero attached hydrogens (tertiary/aromatic N) is 2. The molecule has 35 heavy (non-hydrogen) atoms. The Kier molecular flexibility index (Phi) is 7.27. The Balaban J connectivity index is 1.39. The Morgan fingerprint density at radius 1 is 0.971 bits per heavy atom. The molecule has 4 N–H and O–H groups in total. The summed E-state index contributed by atoms with van der Waals surface area (Å²) >= 11 is 1.57. The molecule has 4 rings (SSSR count). The van der Waals surface area contributed by atoms with Crippen LogP contribution in [0.4, 0.5) is 22.9 Å². The van der Waals surface area contributed by atoms with Crippen LogP contribution in [-0.2, 0) is 4.79 Å². The summed E-state index contributed by atoms with van der Waals surface area (Å²) in [6, 6.07) is 17.8. The van der Waals surface area contributed by atoms with Gasteiger partial charge in [-0.15, -0.1) is 0 Å². The molecule has 0 radical (unpaired) electrons. The number of aromatic amines is 1. The number of imidazole rings is 1. The number of nitrogens with one attached hydrogen (secondary N) is 4. The van der Waals surface area contributed by atoms with Crippen molar-refractivity contribution in [3.8, 4) is 11.3 Å². The predicted molar refractivity (Wildman–Crippen MR) is 141 cm³/mol. The molecule has 0 bridgehead atoms. The number of hydrogen-bond acceptors (Lipinski definition) is 6. The quantitative estimate of drug-likeness (QED) is 0.191. The third kappa shape index (κ3) is 5.96. The van der Waals surface area contributed by atoms with Gasteiger partial charge in [0.2, 0.25) is 5.91 Å². The molecule has 0 aliphatic carbocycles. The number of amides is 2. The largest absolute Gasteiger partial charge is 0.340 e. The van der Waals surface area contributed by atoms with E-state index in [9.17, 15) is 9.59 Å². The number of aryl methyl sites for hydroxylation is 1. The SMILES string of the molecule is C=CC(=O)Nc1ccc(C(=O)Nc2ccc(Nc3cc(-c4nc(SC)[nH]c4C)ccn3)cc2)cc1. The maximum absolute atomic E-state index is 12.6. The summed E-state index contributed by atoms with van der Waals surface area (Å²) in [5.74, 6) is 0.135. The minimum Gasteiger partial charge on any atom is -0.340 e. The predicted octanol–water partition coefficient (Wildman–Crippen LogP) is 5.62. The van der Waals surface area contributed by atoms with E-state index in [0.717, 1.165) is 27.8 Å². The Labute approximate surface area is 207 Å². The van der Waals surface area contributed by atoms with Gasteiger partial charge in [0.15, 0.2) is 5.16 Å². The van der Waals surface area contributed by atoms with Crippen LogP contribution in [0.15, 0.2) is 84.7 Å². The monoisotopic (exact) mass is 484 g/mol. The van der Waals surface area contributed by atoms with Gasteiger partial charge in [0.25, 0.3) is 5.91 Å². The minimum atomic E-state index is -0.307. The average molecular weight is 485 g/mol. The summed E-state index contributed by atoms with van der Waals surface area (Å²) in [6.07, 6.45) is 4.91. The van der Waals surface area contributed by atoms with Crippen molar-refractivity contribution in [2.45, 2.75) is 12.1 Å². The summed E-state index contributed by atoms with van der Waals surface area (Å²) in [4.78, 5) is 36.2. The van der Waals surface area contributed by atoms with E-state index in [1.807, 2.05) is 49.6 Å². The van der Waals surface area contributed by atoms with Crippen LogP contribution in [0.5, 0.6) is 0 Å². The highest BCUT2D eigenvalue weighted by Gasteiger charge is 2.10. The lowest BCUT2D eigenvalue weighted by Gasteiger charge is -2.10. The van der Waals surface area contributed by atoms with Crippen LogP contribution in [-0.4, -0.2) is 33.0 Å². The number of pyridine rings is 1. The number of rotatable bonds is 8.